The Bertz CT molecular complexity index is 299. The van der Waals surface area contributed by atoms with Gasteiger partial charge in [0.15, 0.2) is 0 Å². The minimum absolute atomic E-state index is 0.167. The second-order valence-electron chi connectivity index (χ2n) is 5.13. The summed E-state index contributed by atoms with van der Waals surface area (Å²) in [6, 6.07) is -0.939. The highest BCUT2D eigenvalue weighted by Crippen LogP contribution is 2.22. The molecule has 18 heavy (non-hydrogen) atoms. The van der Waals surface area contributed by atoms with Crippen molar-refractivity contribution in [1.82, 2.24) is 9.80 Å². The molecule has 1 heterocycles. The Morgan fingerprint density at radius 1 is 1.39 bits per heavy atom. The predicted octanol–water partition coefficient (Wildman–Crippen LogP) is 2.02. The summed E-state index contributed by atoms with van der Waals surface area (Å²) >= 11 is 0. The van der Waals surface area contributed by atoms with Crippen molar-refractivity contribution in [3.63, 3.8) is 0 Å². The van der Waals surface area contributed by atoms with Crippen molar-refractivity contribution in [3.8, 4) is 0 Å². The van der Waals surface area contributed by atoms with Crippen LogP contribution >= 0.6 is 0 Å². The first-order chi connectivity index (χ1) is 8.47. The fourth-order valence-electron chi connectivity index (χ4n) is 2.38. The summed E-state index contributed by atoms with van der Waals surface area (Å²) in [6.45, 7) is 5.21. The van der Waals surface area contributed by atoms with Crippen molar-refractivity contribution < 1.29 is 14.7 Å². The Hall–Kier alpha value is -1.26. The normalized spacial score (nSPS) is 18.5. The summed E-state index contributed by atoms with van der Waals surface area (Å²) in [5.74, 6) is -0.243. The molecule has 0 radical (unpaired) electrons. The van der Waals surface area contributed by atoms with Crippen molar-refractivity contribution in [3.05, 3.63) is 0 Å². The lowest BCUT2D eigenvalue weighted by Crippen LogP contribution is -2.50. The Balaban J connectivity index is 2.47. The van der Waals surface area contributed by atoms with Gasteiger partial charge in [-0.05, 0) is 25.7 Å². The minimum Gasteiger partial charge on any atom is -0.480 e. The Labute approximate surface area is 109 Å². The molecule has 2 amide bonds. The molecule has 1 aliphatic heterocycles. The standard InChI is InChI=1S/C13H24N2O3/c1-4-5-11-6-8-15(9-7-11)13(18)14(3)10(2)12(16)17/h10-11H,4-9H2,1-3H3,(H,16,17). The number of likely N-dealkylation sites (tertiary alicyclic amines) is 1. The molecule has 1 unspecified atom stereocenters. The lowest BCUT2D eigenvalue weighted by molar-refractivity contribution is -0.141. The minimum atomic E-state index is -0.966. The van der Waals surface area contributed by atoms with Crippen LogP contribution in [0.5, 0.6) is 0 Å². The van der Waals surface area contributed by atoms with E-state index < -0.39 is 12.0 Å². The van der Waals surface area contributed by atoms with Gasteiger partial charge in [-0.25, -0.2) is 9.59 Å². The van der Waals surface area contributed by atoms with Crippen LogP contribution in [0.4, 0.5) is 4.79 Å². The van der Waals surface area contributed by atoms with Gasteiger partial charge in [-0.2, -0.15) is 0 Å². The fraction of sp³-hybridized carbons (Fsp3) is 0.846. The number of urea groups is 1. The monoisotopic (exact) mass is 256 g/mol. The molecule has 1 saturated heterocycles. The maximum atomic E-state index is 12.1. The largest absolute Gasteiger partial charge is 0.480 e. The molecule has 1 fully saturated rings. The molecule has 0 saturated carbocycles. The van der Waals surface area contributed by atoms with Crippen LogP contribution < -0.4 is 0 Å². The van der Waals surface area contributed by atoms with Crippen molar-refractivity contribution in [2.45, 2.75) is 45.6 Å². The molecule has 0 bridgehead atoms. The highest BCUT2D eigenvalue weighted by Gasteiger charge is 2.28. The van der Waals surface area contributed by atoms with Crippen LogP contribution in [-0.4, -0.2) is 53.1 Å². The molecule has 0 spiro atoms. The number of amides is 2. The molecule has 0 aromatic rings. The van der Waals surface area contributed by atoms with Crippen LogP contribution in [0, 0.1) is 5.92 Å². The van der Waals surface area contributed by atoms with Crippen LogP contribution in [0.15, 0.2) is 0 Å². The summed E-state index contributed by atoms with van der Waals surface area (Å²) in [5.41, 5.74) is 0. The van der Waals surface area contributed by atoms with Crippen LogP contribution in [0.2, 0.25) is 0 Å². The van der Waals surface area contributed by atoms with Gasteiger partial charge in [-0.1, -0.05) is 19.8 Å². The fourth-order valence-corrected chi connectivity index (χ4v) is 2.38. The first-order valence-electron chi connectivity index (χ1n) is 6.71. The van der Waals surface area contributed by atoms with E-state index in [1.807, 2.05) is 0 Å². The van der Waals surface area contributed by atoms with Gasteiger partial charge in [-0.15, -0.1) is 0 Å². The number of hydrogen-bond donors (Lipinski definition) is 1. The average Bonchev–Trinajstić information content (AvgIpc) is 2.37. The highest BCUT2D eigenvalue weighted by molar-refractivity contribution is 5.82. The van der Waals surface area contributed by atoms with E-state index >= 15 is 0 Å². The summed E-state index contributed by atoms with van der Waals surface area (Å²) in [4.78, 5) is 26.0. The molecule has 0 aromatic carbocycles. The van der Waals surface area contributed by atoms with Gasteiger partial charge in [0.2, 0.25) is 0 Å². The second-order valence-corrected chi connectivity index (χ2v) is 5.13. The number of hydrogen-bond acceptors (Lipinski definition) is 2. The van der Waals surface area contributed by atoms with Crippen molar-refractivity contribution in [1.29, 1.82) is 0 Å². The van der Waals surface area contributed by atoms with E-state index in [4.69, 9.17) is 5.11 Å². The molecule has 0 aromatic heterocycles. The van der Waals surface area contributed by atoms with Crippen molar-refractivity contribution >= 4 is 12.0 Å². The SMILES string of the molecule is CCCC1CCN(C(=O)N(C)C(C)C(=O)O)CC1. The molecule has 1 aliphatic rings. The van der Waals surface area contributed by atoms with Gasteiger partial charge in [-0.3, -0.25) is 0 Å². The lowest BCUT2D eigenvalue weighted by Gasteiger charge is -2.35. The Kier molecular flexibility index (Phi) is 5.44. The number of rotatable bonds is 4. The Morgan fingerprint density at radius 2 is 1.94 bits per heavy atom. The third-order valence-electron chi connectivity index (χ3n) is 3.82. The molecule has 5 nitrogen and oxygen atoms in total. The lowest BCUT2D eigenvalue weighted by atomic mass is 9.93. The van der Waals surface area contributed by atoms with Crippen LogP contribution in [0.1, 0.15) is 39.5 Å². The molecule has 104 valence electrons. The summed E-state index contributed by atoms with van der Waals surface area (Å²) in [5, 5.41) is 8.90. The van der Waals surface area contributed by atoms with E-state index in [1.54, 1.807) is 11.9 Å². The zero-order chi connectivity index (χ0) is 13.7. The third-order valence-corrected chi connectivity index (χ3v) is 3.82. The van der Waals surface area contributed by atoms with Gasteiger partial charge in [0.25, 0.3) is 0 Å². The zero-order valence-corrected chi connectivity index (χ0v) is 11.6. The summed E-state index contributed by atoms with van der Waals surface area (Å²) < 4.78 is 0. The number of carbonyl (C=O) groups is 2. The van der Waals surface area contributed by atoms with Crippen molar-refractivity contribution in [2.75, 3.05) is 20.1 Å². The molecular formula is C13H24N2O3. The molecule has 1 atom stereocenters. The number of carboxylic acid groups (broad SMARTS) is 1. The zero-order valence-electron chi connectivity index (χ0n) is 11.6. The second kappa shape index (κ2) is 6.61. The van der Waals surface area contributed by atoms with E-state index in [9.17, 15) is 9.59 Å². The summed E-state index contributed by atoms with van der Waals surface area (Å²) in [6.07, 6.45) is 4.49. The van der Waals surface area contributed by atoms with Gasteiger partial charge in [0, 0.05) is 20.1 Å². The van der Waals surface area contributed by atoms with Crippen molar-refractivity contribution in [2.24, 2.45) is 5.92 Å². The van der Waals surface area contributed by atoms with Crippen LogP contribution in [0.3, 0.4) is 0 Å². The highest BCUT2D eigenvalue weighted by atomic mass is 16.4. The van der Waals surface area contributed by atoms with Gasteiger partial charge in [0.1, 0.15) is 6.04 Å². The molecular weight excluding hydrogens is 232 g/mol. The number of carbonyl (C=O) groups excluding carboxylic acids is 1. The third kappa shape index (κ3) is 3.62. The maximum absolute atomic E-state index is 12.1. The van der Waals surface area contributed by atoms with E-state index in [0.717, 1.165) is 31.8 Å². The quantitative estimate of drug-likeness (QED) is 0.837. The van der Waals surface area contributed by atoms with E-state index in [2.05, 4.69) is 6.92 Å². The smallest absolute Gasteiger partial charge is 0.326 e. The van der Waals surface area contributed by atoms with Gasteiger partial charge < -0.3 is 14.9 Å². The number of aliphatic carboxylic acids is 1. The number of piperidine rings is 1. The van der Waals surface area contributed by atoms with E-state index in [-0.39, 0.29) is 6.03 Å². The number of carboxylic acids is 1. The molecule has 1 N–H and O–H groups in total. The maximum Gasteiger partial charge on any atom is 0.326 e. The first-order valence-corrected chi connectivity index (χ1v) is 6.71. The van der Waals surface area contributed by atoms with E-state index in [1.165, 1.54) is 24.7 Å². The van der Waals surface area contributed by atoms with Gasteiger partial charge >= 0.3 is 12.0 Å². The molecule has 1 rings (SSSR count). The van der Waals surface area contributed by atoms with Crippen LogP contribution in [-0.2, 0) is 4.79 Å². The Morgan fingerprint density at radius 3 is 2.39 bits per heavy atom. The van der Waals surface area contributed by atoms with E-state index in [0.29, 0.717) is 0 Å². The number of likely N-dealkylation sites (N-methyl/N-ethyl adjacent to an activating group) is 1. The topological polar surface area (TPSA) is 60.9 Å². The summed E-state index contributed by atoms with van der Waals surface area (Å²) in [7, 11) is 1.55. The van der Waals surface area contributed by atoms with Gasteiger partial charge in [0.05, 0.1) is 0 Å². The molecule has 5 heteroatoms. The first kappa shape index (κ1) is 14.8. The molecule has 0 aliphatic carbocycles. The number of nitrogens with zero attached hydrogens (tertiary/aromatic N) is 2. The van der Waals surface area contributed by atoms with Crippen LogP contribution in [0.25, 0.3) is 0 Å². The average molecular weight is 256 g/mol. The predicted molar refractivity (Wildman–Crippen MR) is 69.5 cm³/mol.